The average molecular weight is 314 g/mol. The lowest BCUT2D eigenvalue weighted by Gasteiger charge is -2.46. The van der Waals surface area contributed by atoms with Gasteiger partial charge in [-0.1, -0.05) is 43.9 Å². The Morgan fingerprint density at radius 2 is 1.91 bits per heavy atom. The summed E-state index contributed by atoms with van der Waals surface area (Å²) >= 11 is 0. The van der Waals surface area contributed by atoms with Crippen LogP contribution in [-0.2, 0) is 0 Å². The van der Waals surface area contributed by atoms with E-state index >= 15 is 0 Å². The van der Waals surface area contributed by atoms with Gasteiger partial charge in [-0.05, 0) is 57.6 Å². The number of urea groups is 1. The van der Waals surface area contributed by atoms with Crippen molar-refractivity contribution in [2.24, 2.45) is 0 Å². The Morgan fingerprint density at radius 3 is 2.61 bits per heavy atom. The first-order valence-electron chi connectivity index (χ1n) is 9.10. The lowest BCUT2D eigenvalue weighted by molar-refractivity contribution is 0.228. The van der Waals surface area contributed by atoms with E-state index in [9.17, 15) is 4.79 Å². The van der Waals surface area contributed by atoms with Crippen LogP contribution in [0.25, 0.3) is 0 Å². The minimum atomic E-state index is -0.152. The Hall–Kier alpha value is -1.51. The van der Waals surface area contributed by atoms with Gasteiger partial charge in [-0.3, -0.25) is 4.90 Å². The molecule has 1 N–H and O–H groups in total. The molecule has 0 spiro atoms. The number of carbonyl (C=O) groups excluding carboxylic acids is 1. The summed E-state index contributed by atoms with van der Waals surface area (Å²) in [4.78, 5) is 15.1. The Labute approximate surface area is 140 Å². The van der Waals surface area contributed by atoms with Gasteiger partial charge in [-0.15, -0.1) is 0 Å². The molecule has 1 atom stereocenters. The number of aryl methyl sites for hydroxylation is 1. The summed E-state index contributed by atoms with van der Waals surface area (Å²) in [5.74, 6) is 0.485. The molecule has 1 saturated carbocycles. The number of nitrogens with zero attached hydrogens (tertiary/aromatic N) is 1. The molecule has 1 aliphatic heterocycles. The van der Waals surface area contributed by atoms with Crippen LogP contribution >= 0.6 is 0 Å². The number of anilines is 1. The van der Waals surface area contributed by atoms with Gasteiger partial charge in [-0.2, -0.15) is 0 Å². The van der Waals surface area contributed by atoms with Crippen molar-refractivity contribution in [2.75, 3.05) is 4.90 Å². The summed E-state index contributed by atoms with van der Waals surface area (Å²) in [6.45, 7) is 8.77. The molecule has 0 aromatic heterocycles. The predicted octanol–water partition coefficient (Wildman–Crippen LogP) is 5.13. The van der Waals surface area contributed by atoms with E-state index < -0.39 is 0 Å². The zero-order valence-electron chi connectivity index (χ0n) is 15.0. The quantitative estimate of drug-likeness (QED) is 0.765. The minimum Gasteiger partial charge on any atom is -0.335 e. The Balaban J connectivity index is 1.89. The van der Waals surface area contributed by atoms with E-state index in [1.807, 2.05) is 4.90 Å². The molecule has 0 radical (unpaired) electrons. The summed E-state index contributed by atoms with van der Waals surface area (Å²) < 4.78 is 0. The third kappa shape index (κ3) is 3.24. The Bertz CT molecular complexity index is 587. The van der Waals surface area contributed by atoms with Crippen molar-refractivity contribution in [2.45, 2.75) is 83.7 Å². The van der Waals surface area contributed by atoms with Crippen LogP contribution in [-0.4, -0.2) is 17.6 Å². The molecule has 0 bridgehead atoms. The molecule has 1 fully saturated rings. The second-order valence-electron chi connectivity index (χ2n) is 8.10. The molecule has 2 amide bonds. The zero-order chi connectivity index (χ0) is 16.6. The van der Waals surface area contributed by atoms with E-state index in [0.717, 1.165) is 24.9 Å². The van der Waals surface area contributed by atoms with Crippen molar-refractivity contribution < 1.29 is 4.79 Å². The van der Waals surface area contributed by atoms with Crippen LogP contribution < -0.4 is 10.2 Å². The number of hydrogen-bond acceptors (Lipinski definition) is 1. The molecule has 2 aliphatic rings. The van der Waals surface area contributed by atoms with Crippen molar-refractivity contribution in [3.63, 3.8) is 0 Å². The highest BCUT2D eigenvalue weighted by Crippen LogP contribution is 2.43. The molecule has 1 aromatic rings. The molecule has 1 aromatic carbocycles. The van der Waals surface area contributed by atoms with E-state index in [0.29, 0.717) is 12.0 Å². The fraction of sp³-hybridized carbons (Fsp3) is 0.650. The van der Waals surface area contributed by atoms with Gasteiger partial charge in [-0.25, -0.2) is 4.79 Å². The van der Waals surface area contributed by atoms with Crippen LogP contribution in [0, 0.1) is 6.92 Å². The third-order valence-corrected chi connectivity index (χ3v) is 5.50. The monoisotopic (exact) mass is 314 g/mol. The van der Waals surface area contributed by atoms with Gasteiger partial charge >= 0.3 is 6.03 Å². The molecular weight excluding hydrogens is 284 g/mol. The lowest BCUT2D eigenvalue weighted by Crippen LogP contribution is -2.57. The SMILES string of the molecule is Cc1ccc2c(c1)[C@@H](C)CC(C)(C)N2C(=O)NC1CCCCC1. The number of nitrogens with one attached hydrogen (secondary N) is 1. The second kappa shape index (κ2) is 6.18. The lowest BCUT2D eigenvalue weighted by atomic mass is 9.80. The van der Waals surface area contributed by atoms with Crippen LogP contribution in [0.4, 0.5) is 10.5 Å². The first-order valence-corrected chi connectivity index (χ1v) is 9.10. The summed E-state index contributed by atoms with van der Waals surface area (Å²) in [6.07, 6.45) is 7.03. The van der Waals surface area contributed by atoms with E-state index in [-0.39, 0.29) is 11.6 Å². The molecule has 0 saturated heterocycles. The number of carbonyl (C=O) groups is 1. The number of rotatable bonds is 1. The molecular formula is C20H30N2O. The first-order chi connectivity index (χ1) is 10.9. The minimum absolute atomic E-state index is 0.0823. The molecule has 126 valence electrons. The van der Waals surface area contributed by atoms with Crippen molar-refractivity contribution in [3.8, 4) is 0 Å². The molecule has 1 aliphatic carbocycles. The normalized spacial score (nSPS) is 24.2. The molecule has 3 rings (SSSR count). The van der Waals surface area contributed by atoms with Crippen molar-refractivity contribution in [1.82, 2.24) is 5.32 Å². The Morgan fingerprint density at radius 1 is 1.22 bits per heavy atom. The summed E-state index contributed by atoms with van der Waals surface area (Å²) in [5, 5.41) is 3.30. The Kier molecular flexibility index (Phi) is 4.39. The van der Waals surface area contributed by atoms with E-state index in [2.05, 4.69) is 51.2 Å². The highest BCUT2D eigenvalue weighted by atomic mass is 16.2. The maximum Gasteiger partial charge on any atom is 0.322 e. The van der Waals surface area contributed by atoms with Gasteiger partial charge < -0.3 is 5.32 Å². The number of amides is 2. The molecule has 3 heteroatoms. The molecule has 0 unspecified atom stereocenters. The number of benzene rings is 1. The maximum absolute atomic E-state index is 13.1. The standard InChI is InChI=1S/C20H30N2O/c1-14-10-11-18-17(12-14)15(2)13-20(3,4)22(18)19(23)21-16-8-6-5-7-9-16/h10-12,15-16H,5-9,13H2,1-4H3,(H,21,23)/t15-/m0/s1. The van der Waals surface area contributed by atoms with Crippen LogP contribution in [0.15, 0.2) is 18.2 Å². The van der Waals surface area contributed by atoms with Crippen molar-refractivity contribution in [3.05, 3.63) is 29.3 Å². The maximum atomic E-state index is 13.1. The highest BCUT2D eigenvalue weighted by molar-refractivity contribution is 5.95. The van der Waals surface area contributed by atoms with Crippen molar-refractivity contribution >= 4 is 11.7 Å². The number of hydrogen-bond donors (Lipinski definition) is 1. The fourth-order valence-electron chi connectivity index (χ4n) is 4.42. The third-order valence-electron chi connectivity index (χ3n) is 5.50. The van der Waals surface area contributed by atoms with Gasteiger partial charge in [0.1, 0.15) is 0 Å². The average Bonchev–Trinajstić information content (AvgIpc) is 2.48. The molecule has 1 heterocycles. The summed E-state index contributed by atoms with van der Waals surface area (Å²) in [5.41, 5.74) is 3.51. The van der Waals surface area contributed by atoms with Crippen LogP contribution in [0.3, 0.4) is 0 Å². The number of fused-ring (bicyclic) bond motifs is 1. The molecule has 23 heavy (non-hydrogen) atoms. The smallest absolute Gasteiger partial charge is 0.322 e. The van der Waals surface area contributed by atoms with Gasteiger partial charge in [0, 0.05) is 17.3 Å². The van der Waals surface area contributed by atoms with Crippen LogP contribution in [0.1, 0.15) is 76.3 Å². The van der Waals surface area contributed by atoms with Crippen LogP contribution in [0.5, 0.6) is 0 Å². The summed E-state index contributed by atoms with van der Waals surface area (Å²) in [6, 6.07) is 6.92. The van der Waals surface area contributed by atoms with E-state index in [4.69, 9.17) is 0 Å². The van der Waals surface area contributed by atoms with E-state index in [1.54, 1.807) is 0 Å². The topological polar surface area (TPSA) is 32.3 Å². The summed E-state index contributed by atoms with van der Waals surface area (Å²) in [7, 11) is 0. The predicted molar refractivity (Wildman–Crippen MR) is 96.2 cm³/mol. The van der Waals surface area contributed by atoms with E-state index in [1.165, 1.54) is 30.4 Å². The van der Waals surface area contributed by atoms with Gasteiger partial charge in [0.05, 0.1) is 0 Å². The zero-order valence-corrected chi connectivity index (χ0v) is 15.0. The first kappa shape index (κ1) is 16.4. The van der Waals surface area contributed by atoms with Gasteiger partial charge in [0.15, 0.2) is 0 Å². The van der Waals surface area contributed by atoms with Crippen LogP contribution in [0.2, 0.25) is 0 Å². The fourth-order valence-corrected chi connectivity index (χ4v) is 4.42. The van der Waals surface area contributed by atoms with Gasteiger partial charge in [0.25, 0.3) is 0 Å². The molecule has 3 nitrogen and oxygen atoms in total. The van der Waals surface area contributed by atoms with Crippen molar-refractivity contribution in [1.29, 1.82) is 0 Å². The largest absolute Gasteiger partial charge is 0.335 e. The highest BCUT2D eigenvalue weighted by Gasteiger charge is 2.40. The second-order valence-corrected chi connectivity index (χ2v) is 8.10. The van der Waals surface area contributed by atoms with Gasteiger partial charge in [0.2, 0.25) is 0 Å².